The predicted molar refractivity (Wildman–Crippen MR) is 66.6 cm³/mol. The first-order valence-corrected chi connectivity index (χ1v) is 6.84. The monoisotopic (exact) mass is 240 g/mol. The first-order valence-electron chi connectivity index (χ1n) is 6.84. The Kier molecular flexibility index (Phi) is 4.05. The molecule has 0 bridgehead atoms. The molecule has 2 aliphatic rings. The highest BCUT2D eigenvalue weighted by Crippen LogP contribution is 2.33. The van der Waals surface area contributed by atoms with Crippen molar-refractivity contribution in [2.45, 2.75) is 44.6 Å². The largest absolute Gasteiger partial charge is 0.388 e. The van der Waals surface area contributed by atoms with E-state index in [1.165, 1.54) is 6.42 Å². The fourth-order valence-corrected chi connectivity index (χ4v) is 2.67. The van der Waals surface area contributed by atoms with Crippen molar-refractivity contribution in [3.8, 4) is 0 Å². The van der Waals surface area contributed by atoms with Gasteiger partial charge in [0, 0.05) is 19.6 Å². The summed E-state index contributed by atoms with van der Waals surface area (Å²) in [5.74, 6) is 0.974. The molecule has 0 aromatic rings. The maximum Gasteiger partial charge on any atom is 0.225 e. The zero-order valence-corrected chi connectivity index (χ0v) is 10.7. The number of carbonyl (C=O) groups excluding carboxylic acids is 1. The third-order valence-electron chi connectivity index (χ3n) is 4.36. The number of hydrogen-bond donors (Lipinski definition) is 3. The third kappa shape index (κ3) is 3.19. The zero-order chi connectivity index (χ0) is 12.3. The van der Waals surface area contributed by atoms with Gasteiger partial charge in [0.25, 0.3) is 0 Å². The van der Waals surface area contributed by atoms with Crippen LogP contribution in [-0.2, 0) is 4.79 Å². The smallest absolute Gasteiger partial charge is 0.225 e. The van der Waals surface area contributed by atoms with Crippen molar-refractivity contribution in [2.75, 3.05) is 19.6 Å². The molecule has 0 spiro atoms. The number of carbonyl (C=O) groups is 1. The Labute approximate surface area is 103 Å². The van der Waals surface area contributed by atoms with Crippen LogP contribution in [-0.4, -0.2) is 36.2 Å². The molecule has 17 heavy (non-hydrogen) atoms. The molecule has 1 aliphatic carbocycles. The summed E-state index contributed by atoms with van der Waals surface area (Å²) in [6.45, 7) is 4.20. The van der Waals surface area contributed by atoms with Crippen LogP contribution in [0, 0.1) is 11.8 Å². The second-order valence-corrected chi connectivity index (χ2v) is 5.65. The molecule has 4 heteroatoms. The number of hydrogen-bond acceptors (Lipinski definition) is 3. The van der Waals surface area contributed by atoms with Gasteiger partial charge < -0.3 is 15.7 Å². The summed E-state index contributed by atoms with van der Waals surface area (Å²) in [5, 5.41) is 16.4. The zero-order valence-electron chi connectivity index (χ0n) is 10.7. The normalized spacial score (nSPS) is 34.1. The van der Waals surface area contributed by atoms with Crippen LogP contribution in [0.25, 0.3) is 0 Å². The van der Waals surface area contributed by atoms with Crippen molar-refractivity contribution in [1.29, 1.82) is 0 Å². The summed E-state index contributed by atoms with van der Waals surface area (Å²) >= 11 is 0. The number of nitrogens with one attached hydrogen (secondary N) is 2. The van der Waals surface area contributed by atoms with Gasteiger partial charge in [-0.25, -0.2) is 0 Å². The average molecular weight is 240 g/mol. The van der Waals surface area contributed by atoms with E-state index >= 15 is 0 Å². The number of amides is 1. The van der Waals surface area contributed by atoms with Crippen molar-refractivity contribution < 1.29 is 9.90 Å². The van der Waals surface area contributed by atoms with E-state index in [-0.39, 0.29) is 11.8 Å². The minimum Gasteiger partial charge on any atom is -0.388 e. The molecule has 0 atom stereocenters. The summed E-state index contributed by atoms with van der Waals surface area (Å²) in [7, 11) is 0. The van der Waals surface area contributed by atoms with Crippen molar-refractivity contribution in [1.82, 2.24) is 10.6 Å². The van der Waals surface area contributed by atoms with Crippen LogP contribution < -0.4 is 10.6 Å². The van der Waals surface area contributed by atoms with Crippen LogP contribution in [0.4, 0.5) is 0 Å². The number of aliphatic hydroxyl groups is 1. The van der Waals surface area contributed by atoms with Crippen molar-refractivity contribution in [2.24, 2.45) is 11.8 Å². The minimum atomic E-state index is -0.654. The van der Waals surface area contributed by atoms with E-state index in [0.717, 1.165) is 44.7 Å². The second-order valence-electron chi connectivity index (χ2n) is 5.65. The lowest BCUT2D eigenvalue weighted by atomic mass is 9.78. The Morgan fingerprint density at radius 2 is 2.06 bits per heavy atom. The van der Waals surface area contributed by atoms with E-state index in [9.17, 15) is 9.90 Å². The third-order valence-corrected chi connectivity index (χ3v) is 4.36. The fraction of sp³-hybridized carbons (Fsp3) is 0.923. The highest BCUT2D eigenvalue weighted by atomic mass is 16.3. The summed E-state index contributed by atoms with van der Waals surface area (Å²) in [6.07, 6.45) is 5.04. The Bertz CT molecular complexity index is 269. The molecule has 1 saturated carbocycles. The Morgan fingerprint density at radius 3 is 2.53 bits per heavy atom. The molecule has 1 heterocycles. The molecule has 4 nitrogen and oxygen atoms in total. The minimum absolute atomic E-state index is 0.0924. The molecular weight excluding hydrogens is 216 g/mol. The van der Waals surface area contributed by atoms with E-state index in [0.29, 0.717) is 6.54 Å². The van der Waals surface area contributed by atoms with Gasteiger partial charge in [-0.05, 0) is 31.6 Å². The van der Waals surface area contributed by atoms with Crippen LogP contribution in [0.3, 0.4) is 0 Å². The Morgan fingerprint density at radius 1 is 1.41 bits per heavy atom. The van der Waals surface area contributed by atoms with Crippen LogP contribution in [0.5, 0.6) is 0 Å². The maximum atomic E-state index is 11.7. The van der Waals surface area contributed by atoms with Gasteiger partial charge in [0.15, 0.2) is 0 Å². The van der Waals surface area contributed by atoms with Crippen molar-refractivity contribution >= 4 is 5.91 Å². The van der Waals surface area contributed by atoms with Gasteiger partial charge >= 0.3 is 0 Å². The molecule has 1 aliphatic heterocycles. The highest BCUT2D eigenvalue weighted by Gasteiger charge is 2.34. The summed E-state index contributed by atoms with van der Waals surface area (Å²) < 4.78 is 0. The maximum absolute atomic E-state index is 11.7. The summed E-state index contributed by atoms with van der Waals surface area (Å²) in [4.78, 5) is 11.7. The quantitative estimate of drug-likeness (QED) is 0.676. The number of rotatable bonds is 4. The topological polar surface area (TPSA) is 61.4 Å². The van der Waals surface area contributed by atoms with Gasteiger partial charge in [0.1, 0.15) is 0 Å². The molecule has 0 aromatic heterocycles. The first-order chi connectivity index (χ1) is 8.13. The molecule has 98 valence electrons. The van der Waals surface area contributed by atoms with Gasteiger partial charge in [-0.3, -0.25) is 4.79 Å². The molecule has 0 aromatic carbocycles. The Balaban J connectivity index is 1.72. The van der Waals surface area contributed by atoms with Crippen molar-refractivity contribution in [3.63, 3.8) is 0 Å². The molecule has 3 N–H and O–H groups in total. The van der Waals surface area contributed by atoms with Crippen molar-refractivity contribution in [3.05, 3.63) is 0 Å². The SMILES string of the molecule is CCC1CCC(O)(CNC(=O)C2CNC2)CC1. The molecular formula is C13H24N2O2. The highest BCUT2D eigenvalue weighted by molar-refractivity contribution is 5.80. The van der Waals surface area contributed by atoms with E-state index in [1.54, 1.807) is 0 Å². The van der Waals surface area contributed by atoms with Crippen LogP contribution >= 0.6 is 0 Å². The standard InChI is InChI=1S/C13H24N2O2/c1-2-10-3-5-13(17,6-4-10)9-15-12(16)11-7-14-8-11/h10-11,14,17H,2-9H2,1H3,(H,15,16). The van der Waals surface area contributed by atoms with Gasteiger partial charge in [-0.1, -0.05) is 13.3 Å². The first kappa shape index (κ1) is 12.8. The van der Waals surface area contributed by atoms with E-state index in [2.05, 4.69) is 17.6 Å². The summed E-state index contributed by atoms with van der Waals surface area (Å²) in [6, 6.07) is 0. The lowest BCUT2D eigenvalue weighted by Gasteiger charge is -2.36. The van der Waals surface area contributed by atoms with E-state index in [1.807, 2.05) is 0 Å². The molecule has 2 fully saturated rings. The van der Waals surface area contributed by atoms with Gasteiger partial charge in [-0.2, -0.15) is 0 Å². The second kappa shape index (κ2) is 5.36. The molecule has 0 unspecified atom stereocenters. The predicted octanol–water partition coefficient (Wildman–Crippen LogP) is 0.653. The van der Waals surface area contributed by atoms with Gasteiger partial charge in [0.2, 0.25) is 5.91 Å². The Hall–Kier alpha value is -0.610. The summed E-state index contributed by atoms with van der Waals surface area (Å²) in [5.41, 5.74) is -0.654. The fourth-order valence-electron chi connectivity index (χ4n) is 2.67. The molecule has 2 rings (SSSR count). The van der Waals surface area contributed by atoms with Gasteiger partial charge in [0.05, 0.1) is 11.5 Å². The molecule has 0 radical (unpaired) electrons. The molecule has 1 amide bonds. The van der Waals surface area contributed by atoms with E-state index in [4.69, 9.17) is 0 Å². The lowest BCUT2D eigenvalue weighted by Crippen LogP contribution is -2.54. The van der Waals surface area contributed by atoms with E-state index < -0.39 is 5.60 Å². The van der Waals surface area contributed by atoms with Crippen LogP contribution in [0.15, 0.2) is 0 Å². The van der Waals surface area contributed by atoms with Crippen LogP contribution in [0.2, 0.25) is 0 Å². The lowest BCUT2D eigenvalue weighted by molar-refractivity contribution is -0.128. The molecule has 1 saturated heterocycles. The average Bonchev–Trinajstić information content (AvgIpc) is 2.25. The van der Waals surface area contributed by atoms with Crippen LogP contribution in [0.1, 0.15) is 39.0 Å². The van der Waals surface area contributed by atoms with Gasteiger partial charge in [-0.15, -0.1) is 0 Å².